The Morgan fingerprint density at radius 2 is 1.74 bits per heavy atom. The summed E-state index contributed by atoms with van der Waals surface area (Å²) in [6, 6.07) is 13.5. The van der Waals surface area contributed by atoms with Crippen molar-refractivity contribution < 1.29 is 23.8 Å². The van der Waals surface area contributed by atoms with E-state index in [9.17, 15) is 9.59 Å². The molecule has 0 spiro atoms. The Morgan fingerprint density at radius 1 is 1.03 bits per heavy atom. The van der Waals surface area contributed by atoms with Crippen molar-refractivity contribution in [3.63, 3.8) is 0 Å². The lowest BCUT2D eigenvalue weighted by Gasteiger charge is -2.41. The van der Waals surface area contributed by atoms with Crippen LogP contribution in [0.2, 0.25) is 0 Å². The van der Waals surface area contributed by atoms with Gasteiger partial charge in [-0.15, -0.1) is 0 Å². The molecule has 3 aliphatic heterocycles. The first-order valence-corrected chi connectivity index (χ1v) is 11.4. The van der Waals surface area contributed by atoms with E-state index >= 15 is 0 Å². The van der Waals surface area contributed by atoms with Gasteiger partial charge in [-0.3, -0.25) is 9.59 Å². The second kappa shape index (κ2) is 8.37. The van der Waals surface area contributed by atoms with Crippen LogP contribution in [0, 0.1) is 5.92 Å². The zero-order chi connectivity index (χ0) is 21.4. The number of hydrogen-bond acceptors (Lipinski definition) is 5. The maximum Gasteiger partial charge on any atom is 0.253 e. The third-order valence-electron chi connectivity index (χ3n) is 6.37. The van der Waals surface area contributed by atoms with Crippen molar-refractivity contribution in [3.8, 4) is 5.75 Å². The highest BCUT2D eigenvalue weighted by Crippen LogP contribution is 2.44. The van der Waals surface area contributed by atoms with Crippen LogP contribution in [0.3, 0.4) is 0 Å². The fourth-order valence-corrected chi connectivity index (χ4v) is 5.07. The third-order valence-corrected chi connectivity index (χ3v) is 6.89. The van der Waals surface area contributed by atoms with Gasteiger partial charge in [0, 0.05) is 46.6 Å². The Labute approximate surface area is 189 Å². The fourth-order valence-electron chi connectivity index (χ4n) is 4.81. The first-order chi connectivity index (χ1) is 15.0. The van der Waals surface area contributed by atoms with Crippen LogP contribution in [0.4, 0.5) is 0 Å². The molecule has 0 atom stereocenters. The van der Waals surface area contributed by atoms with Gasteiger partial charge in [0.05, 0.1) is 13.2 Å². The third kappa shape index (κ3) is 3.90. The lowest BCUT2D eigenvalue weighted by Crippen LogP contribution is -2.46. The number of amides is 1. The largest absolute Gasteiger partial charge is 0.486 e. The minimum Gasteiger partial charge on any atom is -0.486 e. The van der Waals surface area contributed by atoms with Crippen LogP contribution >= 0.6 is 15.9 Å². The standard InChI is InChI=1S/C24H24BrNO5/c25-20-4-2-18(3-5-20)24(30-11-12-31-24)19-7-9-26(10-8-19)23(28)16-1-6-22-17(13-16)14-21(27)15-29-22/h1-6,13,19H,7-12,14-15H2. The normalized spacial score (nSPS) is 20.9. The summed E-state index contributed by atoms with van der Waals surface area (Å²) in [6.45, 7) is 2.54. The minimum atomic E-state index is -0.737. The van der Waals surface area contributed by atoms with Crippen LogP contribution in [0.5, 0.6) is 5.75 Å². The van der Waals surface area contributed by atoms with E-state index in [1.54, 1.807) is 18.2 Å². The van der Waals surface area contributed by atoms with Gasteiger partial charge in [-0.05, 0) is 43.2 Å². The molecule has 2 fully saturated rings. The number of carbonyl (C=O) groups is 2. The number of ketones is 1. The maximum absolute atomic E-state index is 13.1. The molecule has 0 unspecified atom stereocenters. The monoisotopic (exact) mass is 485 g/mol. The van der Waals surface area contributed by atoms with E-state index in [4.69, 9.17) is 14.2 Å². The van der Waals surface area contributed by atoms with E-state index < -0.39 is 5.79 Å². The molecule has 2 saturated heterocycles. The molecule has 31 heavy (non-hydrogen) atoms. The van der Waals surface area contributed by atoms with Crippen molar-refractivity contribution in [1.82, 2.24) is 4.90 Å². The van der Waals surface area contributed by atoms with E-state index in [0.717, 1.165) is 28.4 Å². The number of Topliss-reactive ketones (excluding diaryl/α,β-unsaturated/α-hetero) is 1. The number of hydrogen-bond donors (Lipinski definition) is 0. The average Bonchev–Trinajstić information content (AvgIpc) is 3.30. The van der Waals surface area contributed by atoms with Crippen LogP contribution < -0.4 is 4.74 Å². The highest BCUT2D eigenvalue weighted by Gasteiger charge is 2.47. The van der Waals surface area contributed by atoms with Gasteiger partial charge >= 0.3 is 0 Å². The summed E-state index contributed by atoms with van der Waals surface area (Å²) < 4.78 is 18.8. The molecule has 0 aliphatic carbocycles. The summed E-state index contributed by atoms with van der Waals surface area (Å²) >= 11 is 3.49. The fraction of sp³-hybridized carbons (Fsp3) is 0.417. The summed E-state index contributed by atoms with van der Waals surface area (Å²) in [7, 11) is 0. The summed E-state index contributed by atoms with van der Waals surface area (Å²) in [5.74, 6) is 0.161. The number of benzene rings is 2. The quantitative estimate of drug-likeness (QED) is 0.662. The molecule has 0 N–H and O–H groups in total. The molecular weight excluding hydrogens is 462 g/mol. The van der Waals surface area contributed by atoms with Gasteiger partial charge in [-0.1, -0.05) is 28.1 Å². The smallest absolute Gasteiger partial charge is 0.253 e. The number of halogens is 1. The number of carbonyl (C=O) groups excluding carboxylic acids is 2. The van der Waals surface area contributed by atoms with Crippen LogP contribution in [-0.2, 0) is 26.5 Å². The van der Waals surface area contributed by atoms with Crippen molar-refractivity contribution in [3.05, 3.63) is 63.6 Å². The predicted molar refractivity (Wildman–Crippen MR) is 117 cm³/mol. The number of fused-ring (bicyclic) bond motifs is 1. The molecule has 0 saturated carbocycles. The van der Waals surface area contributed by atoms with Crippen molar-refractivity contribution in [2.75, 3.05) is 32.9 Å². The SMILES string of the molecule is O=C1COc2ccc(C(=O)N3CCC(C4(c5ccc(Br)cc5)OCCO4)CC3)cc2C1. The topological polar surface area (TPSA) is 65.1 Å². The lowest BCUT2D eigenvalue weighted by molar-refractivity contribution is -0.213. The van der Waals surface area contributed by atoms with Gasteiger partial charge < -0.3 is 19.1 Å². The zero-order valence-electron chi connectivity index (χ0n) is 17.1. The van der Waals surface area contributed by atoms with Gasteiger partial charge in [0.1, 0.15) is 12.4 Å². The molecule has 3 aliphatic rings. The number of nitrogens with zero attached hydrogens (tertiary/aromatic N) is 1. The second-order valence-electron chi connectivity index (χ2n) is 8.26. The Balaban J connectivity index is 1.30. The van der Waals surface area contributed by atoms with Gasteiger partial charge in [0.25, 0.3) is 5.91 Å². The van der Waals surface area contributed by atoms with Crippen molar-refractivity contribution in [2.24, 2.45) is 5.92 Å². The van der Waals surface area contributed by atoms with Crippen molar-refractivity contribution >= 4 is 27.6 Å². The number of ether oxygens (including phenoxy) is 3. The first kappa shape index (κ1) is 20.7. The van der Waals surface area contributed by atoms with Crippen LogP contribution in [0.15, 0.2) is 46.9 Å². The molecule has 7 heteroatoms. The van der Waals surface area contributed by atoms with Crippen LogP contribution in [0.25, 0.3) is 0 Å². The number of rotatable bonds is 3. The van der Waals surface area contributed by atoms with Crippen LogP contribution in [0.1, 0.15) is 34.3 Å². The highest BCUT2D eigenvalue weighted by molar-refractivity contribution is 9.10. The molecule has 0 aromatic heterocycles. The van der Waals surface area contributed by atoms with E-state index in [0.29, 0.717) is 44.0 Å². The molecule has 6 nitrogen and oxygen atoms in total. The molecular formula is C24H24BrNO5. The van der Waals surface area contributed by atoms with Gasteiger partial charge in [-0.2, -0.15) is 0 Å². The number of piperidine rings is 1. The van der Waals surface area contributed by atoms with Gasteiger partial charge in [0.15, 0.2) is 11.6 Å². The number of likely N-dealkylation sites (tertiary alicyclic amines) is 1. The van der Waals surface area contributed by atoms with Crippen LogP contribution in [-0.4, -0.2) is 49.5 Å². The zero-order valence-corrected chi connectivity index (χ0v) is 18.7. The summed E-state index contributed by atoms with van der Waals surface area (Å²) in [5, 5.41) is 0. The average molecular weight is 486 g/mol. The summed E-state index contributed by atoms with van der Waals surface area (Å²) in [5.41, 5.74) is 2.42. The second-order valence-corrected chi connectivity index (χ2v) is 9.18. The molecule has 1 amide bonds. The Bertz CT molecular complexity index is 992. The molecule has 3 heterocycles. The molecule has 2 aromatic carbocycles. The summed E-state index contributed by atoms with van der Waals surface area (Å²) in [4.78, 5) is 26.7. The van der Waals surface area contributed by atoms with Crippen molar-refractivity contribution in [2.45, 2.75) is 25.0 Å². The van der Waals surface area contributed by atoms with E-state index in [1.807, 2.05) is 29.2 Å². The first-order valence-electron chi connectivity index (χ1n) is 10.7. The van der Waals surface area contributed by atoms with E-state index in [-0.39, 0.29) is 24.2 Å². The Hall–Kier alpha value is -2.22. The maximum atomic E-state index is 13.1. The predicted octanol–water partition coefficient (Wildman–Crippen LogP) is 3.71. The van der Waals surface area contributed by atoms with Gasteiger partial charge in [0.2, 0.25) is 0 Å². The highest BCUT2D eigenvalue weighted by atomic mass is 79.9. The molecule has 0 bridgehead atoms. The minimum absolute atomic E-state index is 0.00905. The summed E-state index contributed by atoms with van der Waals surface area (Å²) in [6.07, 6.45) is 1.92. The molecule has 0 radical (unpaired) electrons. The molecule has 162 valence electrons. The lowest BCUT2D eigenvalue weighted by atomic mass is 9.84. The van der Waals surface area contributed by atoms with Gasteiger partial charge in [-0.25, -0.2) is 0 Å². The van der Waals surface area contributed by atoms with E-state index in [2.05, 4.69) is 15.9 Å². The van der Waals surface area contributed by atoms with Crippen molar-refractivity contribution in [1.29, 1.82) is 0 Å². The molecule has 5 rings (SSSR count). The van der Waals surface area contributed by atoms with E-state index in [1.165, 1.54) is 0 Å². The molecule has 2 aromatic rings. The Morgan fingerprint density at radius 3 is 2.45 bits per heavy atom. The Kier molecular flexibility index (Phi) is 5.58.